The number of rotatable bonds is 7. The number of likely N-dealkylation sites (N-methyl/N-ethyl adjacent to an activating group) is 1. The number of hydrogen-bond acceptors (Lipinski definition) is 4. The number of amides is 2. The van der Waals surface area contributed by atoms with Crippen LogP contribution in [-0.2, 0) is 11.3 Å². The fourth-order valence-electron chi connectivity index (χ4n) is 2.45. The Morgan fingerprint density at radius 1 is 1.04 bits per heavy atom. The third-order valence-corrected chi connectivity index (χ3v) is 4.78. The molecule has 0 fully saturated rings. The zero-order valence-electron chi connectivity index (χ0n) is 15.2. The number of carbonyl (C=O) groups excluding carboxylic acids is 2. The average Bonchev–Trinajstić information content (AvgIpc) is 3.23. The average molecular weight is 398 g/mol. The molecule has 28 heavy (non-hydrogen) atoms. The molecule has 1 heterocycles. The van der Waals surface area contributed by atoms with Gasteiger partial charge in [0, 0.05) is 13.6 Å². The second kappa shape index (κ2) is 9.14. The fraction of sp³-hybridized carbons (Fsp3) is 0.143. The predicted molar refractivity (Wildman–Crippen MR) is 106 cm³/mol. The summed E-state index contributed by atoms with van der Waals surface area (Å²) in [5, 5.41) is 4.62. The second-order valence-corrected chi connectivity index (χ2v) is 7.06. The van der Waals surface area contributed by atoms with Gasteiger partial charge in [0.2, 0.25) is 5.91 Å². The van der Waals surface area contributed by atoms with Gasteiger partial charge in [-0.1, -0.05) is 18.2 Å². The van der Waals surface area contributed by atoms with Crippen LogP contribution in [0.15, 0.2) is 66.0 Å². The van der Waals surface area contributed by atoms with Gasteiger partial charge >= 0.3 is 0 Å². The van der Waals surface area contributed by atoms with Crippen LogP contribution in [0.25, 0.3) is 0 Å². The quantitative estimate of drug-likeness (QED) is 0.653. The lowest BCUT2D eigenvalue weighted by atomic mass is 10.2. The number of thiophene rings is 1. The lowest BCUT2D eigenvalue weighted by molar-refractivity contribution is -0.121. The minimum Gasteiger partial charge on any atom is -0.457 e. The van der Waals surface area contributed by atoms with Gasteiger partial charge in [-0.2, -0.15) is 0 Å². The van der Waals surface area contributed by atoms with Crippen LogP contribution >= 0.6 is 11.3 Å². The van der Waals surface area contributed by atoms with E-state index < -0.39 is 0 Å². The Balaban J connectivity index is 1.47. The molecule has 0 spiro atoms. The second-order valence-electron chi connectivity index (χ2n) is 6.12. The van der Waals surface area contributed by atoms with Crippen LogP contribution in [0, 0.1) is 5.82 Å². The zero-order valence-corrected chi connectivity index (χ0v) is 16.0. The van der Waals surface area contributed by atoms with E-state index in [1.54, 1.807) is 43.4 Å². The molecule has 5 nitrogen and oxygen atoms in total. The summed E-state index contributed by atoms with van der Waals surface area (Å²) in [5.41, 5.74) is 0.895. The molecule has 0 bridgehead atoms. The third kappa shape index (κ3) is 5.40. The summed E-state index contributed by atoms with van der Waals surface area (Å²) in [5.74, 6) is 0.427. The Hall–Kier alpha value is -3.19. The maximum Gasteiger partial charge on any atom is 0.264 e. The fourth-order valence-corrected chi connectivity index (χ4v) is 3.16. The van der Waals surface area contributed by atoms with Crippen molar-refractivity contribution < 1.29 is 18.7 Å². The highest BCUT2D eigenvalue weighted by Gasteiger charge is 2.15. The minimum absolute atomic E-state index is 0.0114. The molecule has 7 heteroatoms. The van der Waals surface area contributed by atoms with Crippen LogP contribution in [0.3, 0.4) is 0 Å². The number of halogens is 1. The van der Waals surface area contributed by atoms with Crippen molar-refractivity contribution in [2.24, 2.45) is 0 Å². The van der Waals surface area contributed by atoms with E-state index in [9.17, 15) is 14.0 Å². The normalized spacial score (nSPS) is 10.4. The lowest BCUT2D eigenvalue weighted by Crippen LogP contribution is -2.37. The van der Waals surface area contributed by atoms with Gasteiger partial charge in [0.1, 0.15) is 17.3 Å². The van der Waals surface area contributed by atoms with Crippen LogP contribution in [0.2, 0.25) is 0 Å². The lowest BCUT2D eigenvalue weighted by Gasteiger charge is -2.16. The predicted octanol–water partition coefficient (Wildman–Crippen LogP) is 4.07. The van der Waals surface area contributed by atoms with Gasteiger partial charge in [-0.15, -0.1) is 11.3 Å². The maximum atomic E-state index is 12.9. The van der Waals surface area contributed by atoms with Crippen LogP contribution in [0.1, 0.15) is 15.2 Å². The molecule has 0 aliphatic heterocycles. The van der Waals surface area contributed by atoms with Gasteiger partial charge in [0.25, 0.3) is 5.91 Å². The first-order valence-electron chi connectivity index (χ1n) is 8.59. The molecular weight excluding hydrogens is 379 g/mol. The van der Waals surface area contributed by atoms with Gasteiger partial charge in [0.15, 0.2) is 0 Å². The molecule has 0 atom stereocenters. The van der Waals surface area contributed by atoms with E-state index in [2.05, 4.69) is 5.32 Å². The Bertz CT molecular complexity index is 925. The summed E-state index contributed by atoms with van der Waals surface area (Å²) >= 11 is 1.35. The molecule has 1 N–H and O–H groups in total. The summed E-state index contributed by atoms with van der Waals surface area (Å²) in [7, 11) is 1.60. The van der Waals surface area contributed by atoms with Crippen LogP contribution in [-0.4, -0.2) is 30.3 Å². The maximum absolute atomic E-state index is 12.9. The van der Waals surface area contributed by atoms with E-state index in [0.717, 1.165) is 5.56 Å². The molecule has 0 radical (unpaired) electrons. The molecule has 0 aliphatic carbocycles. The molecule has 2 aromatic carbocycles. The highest BCUT2D eigenvalue weighted by Crippen LogP contribution is 2.21. The number of nitrogens with zero attached hydrogens (tertiary/aromatic N) is 1. The van der Waals surface area contributed by atoms with Gasteiger partial charge in [-0.25, -0.2) is 4.39 Å². The van der Waals surface area contributed by atoms with Crippen molar-refractivity contribution in [3.05, 3.63) is 82.3 Å². The highest BCUT2D eigenvalue weighted by atomic mass is 32.1. The molecule has 3 rings (SSSR count). The van der Waals surface area contributed by atoms with Gasteiger partial charge in [-0.3, -0.25) is 9.59 Å². The Kier molecular flexibility index (Phi) is 6.39. The van der Waals surface area contributed by atoms with Crippen molar-refractivity contribution in [3.63, 3.8) is 0 Å². The summed E-state index contributed by atoms with van der Waals surface area (Å²) < 4.78 is 18.5. The van der Waals surface area contributed by atoms with Crippen molar-refractivity contribution in [3.8, 4) is 11.5 Å². The number of benzene rings is 2. The molecule has 0 saturated heterocycles. The van der Waals surface area contributed by atoms with Crippen LogP contribution in [0.5, 0.6) is 11.5 Å². The molecular formula is C21H19FN2O3S. The van der Waals surface area contributed by atoms with Gasteiger partial charge < -0.3 is 15.0 Å². The summed E-state index contributed by atoms with van der Waals surface area (Å²) in [6.07, 6.45) is 0. The van der Waals surface area contributed by atoms with Crippen LogP contribution in [0.4, 0.5) is 4.39 Å². The molecule has 144 valence electrons. The Morgan fingerprint density at radius 2 is 1.68 bits per heavy atom. The monoisotopic (exact) mass is 398 g/mol. The van der Waals surface area contributed by atoms with Crippen molar-refractivity contribution >= 4 is 23.2 Å². The summed E-state index contributed by atoms with van der Waals surface area (Å²) in [6, 6.07) is 16.5. The first-order chi connectivity index (χ1) is 13.5. The molecule has 0 unspecified atom stereocenters. The molecule has 0 aliphatic rings. The van der Waals surface area contributed by atoms with E-state index in [1.165, 1.54) is 28.4 Å². The van der Waals surface area contributed by atoms with E-state index in [4.69, 9.17) is 4.74 Å². The first-order valence-corrected chi connectivity index (χ1v) is 9.47. The van der Waals surface area contributed by atoms with Gasteiger partial charge in [0.05, 0.1) is 11.4 Å². The van der Waals surface area contributed by atoms with E-state index in [-0.39, 0.29) is 24.2 Å². The Labute approximate surface area is 166 Å². The van der Waals surface area contributed by atoms with Crippen molar-refractivity contribution in [1.29, 1.82) is 0 Å². The first kappa shape index (κ1) is 19.6. The number of ether oxygens (including phenoxy) is 1. The SMILES string of the molecule is CN(CC(=O)NCc1ccc(Oc2ccc(F)cc2)cc1)C(=O)c1cccs1. The smallest absolute Gasteiger partial charge is 0.264 e. The zero-order chi connectivity index (χ0) is 19.9. The number of hydrogen-bond donors (Lipinski definition) is 1. The standard InChI is InChI=1S/C21H19FN2O3S/c1-24(21(26)19-3-2-12-28-19)14-20(25)23-13-15-4-8-17(9-5-15)27-18-10-6-16(22)7-11-18/h2-12H,13-14H2,1H3,(H,23,25). The minimum atomic E-state index is -0.318. The van der Waals surface area contributed by atoms with Crippen molar-refractivity contribution in [1.82, 2.24) is 10.2 Å². The number of nitrogens with one attached hydrogen (secondary N) is 1. The van der Waals surface area contributed by atoms with Crippen LogP contribution < -0.4 is 10.1 Å². The molecule has 3 aromatic rings. The molecule has 0 saturated carbocycles. The largest absolute Gasteiger partial charge is 0.457 e. The topological polar surface area (TPSA) is 58.6 Å². The summed E-state index contributed by atoms with van der Waals surface area (Å²) in [4.78, 5) is 26.2. The summed E-state index contributed by atoms with van der Waals surface area (Å²) in [6.45, 7) is 0.333. The highest BCUT2D eigenvalue weighted by molar-refractivity contribution is 7.12. The number of carbonyl (C=O) groups is 2. The third-order valence-electron chi connectivity index (χ3n) is 3.92. The van der Waals surface area contributed by atoms with E-state index in [0.29, 0.717) is 22.9 Å². The Morgan fingerprint density at radius 3 is 2.29 bits per heavy atom. The molecule has 2 amide bonds. The van der Waals surface area contributed by atoms with Gasteiger partial charge in [-0.05, 0) is 53.4 Å². The van der Waals surface area contributed by atoms with E-state index in [1.807, 2.05) is 17.5 Å². The van der Waals surface area contributed by atoms with E-state index >= 15 is 0 Å². The van der Waals surface area contributed by atoms with Crippen molar-refractivity contribution in [2.45, 2.75) is 6.54 Å². The molecule has 1 aromatic heterocycles. The van der Waals surface area contributed by atoms with Crippen molar-refractivity contribution in [2.75, 3.05) is 13.6 Å².